The van der Waals surface area contributed by atoms with E-state index in [9.17, 15) is 0 Å². The molecule has 1 N–H and O–H groups in total. The Bertz CT molecular complexity index is 745. The lowest BCUT2D eigenvalue weighted by Crippen LogP contribution is -2.30. The van der Waals surface area contributed by atoms with E-state index in [4.69, 9.17) is 18.9 Å². The fourth-order valence-corrected chi connectivity index (χ4v) is 3.32. The molecule has 0 bridgehead atoms. The molecule has 1 heterocycles. The van der Waals surface area contributed by atoms with E-state index >= 15 is 0 Å². The first kappa shape index (κ1) is 17.4. The number of fused-ring (bicyclic) bond motifs is 1. The first-order valence-corrected chi connectivity index (χ1v) is 8.50. The maximum atomic E-state index is 5.62. The third-order valence-corrected chi connectivity index (χ3v) is 4.52. The minimum atomic E-state index is 0.0770. The number of hydrogen-bond acceptors (Lipinski definition) is 5. The first-order valence-electron chi connectivity index (χ1n) is 8.50. The summed E-state index contributed by atoms with van der Waals surface area (Å²) < 4.78 is 22.1. The van der Waals surface area contributed by atoms with Gasteiger partial charge in [0.25, 0.3) is 0 Å². The molecule has 0 amide bonds. The predicted molar refractivity (Wildman–Crippen MR) is 97.3 cm³/mol. The molecule has 134 valence electrons. The van der Waals surface area contributed by atoms with E-state index in [0.29, 0.717) is 6.61 Å². The lowest BCUT2D eigenvalue weighted by Gasteiger charge is -2.29. The van der Waals surface area contributed by atoms with Gasteiger partial charge in [-0.3, -0.25) is 0 Å². The van der Waals surface area contributed by atoms with Crippen LogP contribution in [-0.4, -0.2) is 34.5 Å². The molecule has 1 atom stereocenters. The second-order valence-corrected chi connectivity index (χ2v) is 5.89. The normalized spacial score (nSPS) is 16.1. The monoisotopic (exact) mass is 343 g/mol. The van der Waals surface area contributed by atoms with Gasteiger partial charge in [-0.15, -0.1) is 0 Å². The molecule has 0 saturated carbocycles. The lowest BCUT2D eigenvalue weighted by molar-refractivity contribution is 0.310. The minimum absolute atomic E-state index is 0.0770. The molecule has 25 heavy (non-hydrogen) atoms. The molecule has 0 saturated heterocycles. The second-order valence-electron chi connectivity index (χ2n) is 5.89. The van der Waals surface area contributed by atoms with Crippen molar-refractivity contribution in [3.8, 4) is 23.0 Å². The first-order chi connectivity index (χ1) is 12.2. The van der Waals surface area contributed by atoms with Gasteiger partial charge in [0.2, 0.25) is 0 Å². The maximum absolute atomic E-state index is 5.62. The molecule has 0 aromatic heterocycles. The standard InChI is InChI=1S/C20H25NO4/c1-5-25-16-7-6-14(11-17(16)22-2)20-15-12-19(24-4)18(23-3)10-13(15)8-9-21-20/h6-7,10-12,20-21H,5,8-9H2,1-4H3/t20-/m0/s1. The third kappa shape index (κ3) is 3.37. The Morgan fingerprint density at radius 1 is 0.920 bits per heavy atom. The molecule has 2 aromatic rings. The van der Waals surface area contributed by atoms with Crippen molar-refractivity contribution in [3.05, 3.63) is 47.0 Å². The van der Waals surface area contributed by atoms with Crippen molar-refractivity contribution in [2.24, 2.45) is 0 Å². The average molecular weight is 343 g/mol. The largest absolute Gasteiger partial charge is 0.493 e. The average Bonchev–Trinajstić information content (AvgIpc) is 2.66. The summed E-state index contributed by atoms with van der Waals surface area (Å²) in [7, 11) is 4.99. The molecule has 1 aliphatic rings. The summed E-state index contributed by atoms with van der Waals surface area (Å²) >= 11 is 0. The smallest absolute Gasteiger partial charge is 0.161 e. The Balaban J connectivity index is 2.03. The molecule has 0 radical (unpaired) electrons. The van der Waals surface area contributed by atoms with Crippen LogP contribution in [0.1, 0.15) is 29.7 Å². The fraction of sp³-hybridized carbons (Fsp3) is 0.400. The Hall–Kier alpha value is -2.40. The van der Waals surface area contributed by atoms with Crippen molar-refractivity contribution >= 4 is 0 Å². The maximum Gasteiger partial charge on any atom is 0.161 e. The van der Waals surface area contributed by atoms with Crippen molar-refractivity contribution in [2.45, 2.75) is 19.4 Å². The van der Waals surface area contributed by atoms with Crippen LogP contribution in [0.4, 0.5) is 0 Å². The van der Waals surface area contributed by atoms with Gasteiger partial charge in [0.1, 0.15) is 0 Å². The van der Waals surface area contributed by atoms with Crippen LogP contribution < -0.4 is 24.3 Å². The Kier molecular flexibility index (Phi) is 5.34. The zero-order valence-electron chi connectivity index (χ0n) is 15.2. The minimum Gasteiger partial charge on any atom is -0.493 e. The zero-order valence-corrected chi connectivity index (χ0v) is 15.2. The molecular formula is C20H25NO4. The van der Waals surface area contributed by atoms with Crippen LogP contribution >= 0.6 is 0 Å². The molecule has 2 aromatic carbocycles. The summed E-state index contributed by atoms with van der Waals surface area (Å²) in [4.78, 5) is 0. The van der Waals surface area contributed by atoms with Crippen LogP contribution in [0.3, 0.4) is 0 Å². The van der Waals surface area contributed by atoms with Crippen molar-refractivity contribution in [1.82, 2.24) is 5.32 Å². The number of hydrogen-bond donors (Lipinski definition) is 1. The highest BCUT2D eigenvalue weighted by atomic mass is 16.5. The van der Waals surface area contributed by atoms with E-state index < -0.39 is 0 Å². The van der Waals surface area contributed by atoms with Crippen LogP contribution in [0.2, 0.25) is 0 Å². The van der Waals surface area contributed by atoms with Gasteiger partial charge < -0.3 is 24.3 Å². The van der Waals surface area contributed by atoms with Crippen LogP contribution in [0.5, 0.6) is 23.0 Å². The van der Waals surface area contributed by atoms with Crippen LogP contribution in [-0.2, 0) is 6.42 Å². The van der Waals surface area contributed by atoms with Crippen molar-refractivity contribution in [2.75, 3.05) is 34.5 Å². The highest BCUT2D eigenvalue weighted by Crippen LogP contribution is 2.39. The van der Waals surface area contributed by atoms with Crippen molar-refractivity contribution in [3.63, 3.8) is 0 Å². The molecule has 5 nitrogen and oxygen atoms in total. The van der Waals surface area contributed by atoms with Gasteiger partial charge in [0, 0.05) is 6.54 Å². The van der Waals surface area contributed by atoms with Crippen LogP contribution in [0.15, 0.2) is 30.3 Å². The number of nitrogens with one attached hydrogen (secondary N) is 1. The quantitative estimate of drug-likeness (QED) is 0.872. The molecule has 1 aliphatic heterocycles. The summed E-state index contributed by atoms with van der Waals surface area (Å²) in [6.45, 7) is 3.48. The highest BCUT2D eigenvalue weighted by Gasteiger charge is 2.24. The zero-order chi connectivity index (χ0) is 17.8. The molecule has 0 aliphatic carbocycles. The summed E-state index contributed by atoms with van der Waals surface area (Å²) in [5.74, 6) is 3.02. The van der Waals surface area contributed by atoms with E-state index in [1.807, 2.05) is 19.1 Å². The Morgan fingerprint density at radius 2 is 1.60 bits per heavy atom. The SMILES string of the molecule is CCOc1ccc([C@@H]2NCCc3cc(OC)c(OC)cc32)cc1OC. The van der Waals surface area contributed by atoms with Gasteiger partial charge in [-0.05, 0) is 54.3 Å². The van der Waals surface area contributed by atoms with E-state index in [0.717, 1.165) is 41.5 Å². The van der Waals surface area contributed by atoms with Crippen molar-refractivity contribution < 1.29 is 18.9 Å². The van der Waals surface area contributed by atoms with E-state index in [1.54, 1.807) is 21.3 Å². The fourth-order valence-electron chi connectivity index (χ4n) is 3.32. The predicted octanol–water partition coefficient (Wildman–Crippen LogP) is 3.35. The molecule has 0 spiro atoms. The Morgan fingerprint density at radius 3 is 2.28 bits per heavy atom. The van der Waals surface area contributed by atoms with Gasteiger partial charge in [-0.2, -0.15) is 0 Å². The second kappa shape index (κ2) is 7.66. The summed E-state index contributed by atoms with van der Waals surface area (Å²) in [5, 5.41) is 3.59. The van der Waals surface area contributed by atoms with Gasteiger partial charge in [-0.1, -0.05) is 6.07 Å². The lowest BCUT2D eigenvalue weighted by atomic mass is 9.89. The number of rotatable bonds is 6. The van der Waals surface area contributed by atoms with Gasteiger partial charge >= 0.3 is 0 Å². The topological polar surface area (TPSA) is 49.0 Å². The number of benzene rings is 2. The van der Waals surface area contributed by atoms with Gasteiger partial charge in [0.15, 0.2) is 23.0 Å². The van der Waals surface area contributed by atoms with Crippen LogP contribution in [0, 0.1) is 0 Å². The van der Waals surface area contributed by atoms with Crippen molar-refractivity contribution in [1.29, 1.82) is 0 Å². The summed E-state index contributed by atoms with van der Waals surface area (Å²) in [5.41, 5.74) is 3.61. The molecule has 5 heteroatoms. The van der Waals surface area contributed by atoms with E-state index in [-0.39, 0.29) is 6.04 Å². The number of ether oxygens (including phenoxy) is 4. The van der Waals surface area contributed by atoms with Crippen LogP contribution in [0.25, 0.3) is 0 Å². The van der Waals surface area contributed by atoms with E-state index in [1.165, 1.54) is 11.1 Å². The highest BCUT2D eigenvalue weighted by molar-refractivity contribution is 5.53. The summed E-state index contributed by atoms with van der Waals surface area (Å²) in [6, 6.07) is 10.3. The third-order valence-electron chi connectivity index (χ3n) is 4.52. The Labute approximate surface area is 148 Å². The summed E-state index contributed by atoms with van der Waals surface area (Å²) in [6.07, 6.45) is 0.959. The number of methoxy groups -OCH3 is 3. The molecule has 0 fully saturated rings. The van der Waals surface area contributed by atoms with Gasteiger partial charge in [-0.25, -0.2) is 0 Å². The van der Waals surface area contributed by atoms with Gasteiger partial charge in [0.05, 0.1) is 34.0 Å². The molecular weight excluding hydrogens is 318 g/mol. The molecule has 0 unspecified atom stereocenters. The molecule has 3 rings (SSSR count). The van der Waals surface area contributed by atoms with E-state index in [2.05, 4.69) is 23.5 Å².